The summed E-state index contributed by atoms with van der Waals surface area (Å²) in [5.41, 5.74) is 2.29. The third-order valence-electron chi connectivity index (χ3n) is 2.72. The van der Waals surface area contributed by atoms with Crippen molar-refractivity contribution in [3.8, 4) is 5.75 Å². The molecular weight excluding hydrogens is 210 g/mol. The Labute approximate surface area is 95.6 Å². The zero-order valence-corrected chi connectivity index (χ0v) is 9.90. The number of hydrogen-bond donors (Lipinski definition) is 1. The van der Waals surface area contributed by atoms with E-state index in [-0.39, 0.29) is 6.04 Å². The number of fused-ring (bicyclic) bond motifs is 1. The zero-order valence-electron chi connectivity index (χ0n) is 9.14. The monoisotopic (exact) mass is 225 g/mol. The van der Waals surface area contributed by atoms with Crippen molar-refractivity contribution in [2.75, 3.05) is 13.2 Å². The lowest BCUT2D eigenvalue weighted by atomic mass is 10.1. The number of ether oxygens (including phenoxy) is 1. The van der Waals surface area contributed by atoms with Crippen LogP contribution in [0.15, 0.2) is 12.1 Å². The van der Waals surface area contributed by atoms with Crippen molar-refractivity contribution < 1.29 is 4.74 Å². The molecule has 1 aliphatic rings. The van der Waals surface area contributed by atoms with Crippen molar-refractivity contribution in [3.63, 3.8) is 0 Å². The van der Waals surface area contributed by atoms with Crippen LogP contribution in [0, 0.1) is 6.92 Å². The maximum Gasteiger partial charge on any atom is 0.128 e. The minimum atomic E-state index is 0.257. The summed E-state index contributed by atoms with van der Waals surface area (Å²) in [6.45, 7) is 5.90. The van der Waals surface area contributed by atoms with E-state index in [1.165, 1.54) is 0 Å². The fraction of sp³-hybridized carbons (Fsp3) is 0.500. The molecule has 2 rings (SSSR count). The highest BCUT2D eigenvalue weighted by Crippen LogP contribution is 2.39. The molecule has 82 valence electrons. The van der Waals surface area contributed by atoms with Crippen LogP contribution in [0.3, 0.4) is 0 Å². The van der Waals surface area contributed by atoms with Crippen LogP contribution < -0.4 is 10.1 Å². The van der Waals surface area contributed by atoms with Crippen molar-refractivity contribution in [1.82, 2.24) is 5.32 Å². The van der Waals surface area contributed by atoms with E-state index in [0.29, 0.717) is 6.61 Å². The van der Waals surface area contributed by atoms with E-state index >= 15 is 0 Å². The molecule has 3 heteroatoms. The Hall–Kier alpha value is -0.730. The normalized spacial score (nSPS) is 18.7. The summed E-state index contributed by atoms with van der Waals surface area (Å²) in [6.07, 6.45) is 1.12. The molecule has 0 radical (unpaired) electrons. The summed E-state index contributed by atoms with van der Waals surface area (Å²) in [5, 5.41) is 4.25. The maximum absolute atomic E-state index is 6.20. The molecular formula is C12H16ClNO. The van der Waals surface area contributed by atoms with E-state index in [1.54, 1.807) is 0 Å². The SMILES string of the molecule is CCCNC1COc2c(C)ccc(Cl)c21. The topological polar surface area (TPSA) is 21.3 Å². The first kappa shape index (κ1) is 10.8. The van der Waals surface area contributed by atoms with Crippen LogP contribution in [0.25, 0.3) is 0 Å². The van der Waals surface area contributed by atoms with E-state index in [2.05, 4.69) is 19.2 Å². The molecule has 0 aliphatic carbocycles. The van der Waals surface area contributed by atoms with Gasteiger partial charge in [-0.15, -0.1) is 0 Å². The highest BCUT2D eigenvalue weighted by atomic mass is 35.5. The second-order valence-corrected chi connectivity index (χ2v) is 4.33. The van der Waals surface area contributed by atoms with Crippen molar-refractivity contribution in [2.45, 2.75) is 26.3 Å². The molecule has 1 unspecified atom stereocenters. The van der Waals surface area contributed by atoms with Gasteiger partial charge in [0.05, 0.1) is 6.04 Å². The summed E-state index contributed by atoms with van der Waals surface area (Å²) in [6, 6.07) is 4.21. The summed E-state index contributed by atoms with van der Waals surface area (Å²) < 4.78 is 5.67. The van der Waals surface area contributed by atoms with Crippen LogP contribution >= 0.6 is 11.6 Å². The van der Waals surface area contributed by atoms with Crippen LogP contribution in [-0.4, -0.2) is 13.2 Å². The van der Waals surface area contributed by atoms with Gasteiger partial charge in [0.25, 0.3) is 0 Å². The second kappa shape index (κ2) is 4.42. The highest BCUT2D eigenvalue weighted by Gasteiger charge is 2.27. The van der Waals surface area contributed by atoms with Gasteiger partial charge in [0.1, 0.15) is 12.4 Å². The van der Waals surface area contributed by atoms with Gasteiger partial charge < -0.3 is 10.1 Å². The molecule has 0 amide bonds. The van der Waals surface area contributed by atoms with Gasteiger partial charge in [-0.05, 0) is 31.5 Å². The predicted molar refractivity (Wildman–Crippen MR) is 62.7 cm³/mol. The van der Waals surface area contributed by atoms with Crippen LogP contribution in [0.1, 0.15) is 30.5 Å². The molecule has 1 aliphatic heterocycles. The lowest BCUT2D eigenvalue weighted by molar-refractivity contribution is 0.310. The number of benzene rings is 1. The number of rotatable bonds is 3. The number of hydrogen-bond acceptors (Lipinski definition) is 2. The van der Waals surface area contributed by atoms with Crippen molar-refractivity contribution >= 4 is 11.6 Å². The molecule has 1 aromatic rings. The van der Waals surface area contributed by atoms with Crippen molar-refractivity contribution in [2.24, 2.45) is 0 Å². The van der Waals surface area contributed by atoms with Crippen molar-refractivity contribution in [1.29, 1.82) is 0 Å². The lowest BCUT2D eigenvalue weighted by Crippen LogP contribution is -2.23. The Bertz CT molecular complexity index is 365. The molecule has 0 aromatic heterocycles. The molecule has 0 spiro atoms. The highest BCUT2D eigenvalue weighted by molar-refractivity contribution is 6.31. The minimum Gasteiger partial charge on any atom is -0.491 e. The Morgan fingerprint density at radius 1 is 1.53 bits per heavy atom. The van der Waals surface area contributed by atoms with Crippen LogP contribution in [-0.2, 0) is 0 Å². The van der Waals surface area contributed by atoms with Gasteiger partial charge >= 0.3 is 0 Å². The first-order valence-electron chi connectivity index (χ1n) is 5.39. The molecule has 0 fully saturated rings. The third-order valence-corrected chi connectivity index (χ3v) is 3.05. The van der Waals surface area contributed by atoms with Gasteiger partial charge in [-0.25, -0.2) is 0 Å². The first-order chi connectivity index (χ1) is 7.24. The van der Waals surface area contributed by atoms with Crippen LogP contribution in [0.5, 0.6) is 5.75 Å². The van der Waals surface area contributed by atoms with E-state index in [4.69, 9.17) is 16.3 Å². The summed E-state index contributed by atoms with van der Waals surface area (Å²) in [4.78, 5) is 0. The zero-order chi connectivity index (χ0) is 10.8. The largest absolute Gasteiger partial charge is 0.491 e. The van der Waals surface area contributed by atoms with Gasteiger partial charge in [0.2, 0.25) is 0 Å². The molecule has 1 heterocycles. The van der Waals surface area contributed by atoms with Gasteiger partial charge in [0.15, 0.2) is 0 Å². The van der Waals surface area contributed by atoms with E-state index < -0.39 is 0 Å². The molecule has 2 nitrogen and oxygen atoms in total. The van der Waals surface area contributed by atoms with Gasteiger partial charge in [-0.1, -0.05) is 24.6 Å². The number of halogens is 1. The third kappa shape index (κ3) is 1.97. The number of nitrogens with one attached hydrogen (secondary N) is 1. The van der Waals surface area contributed by atoms with E-state index in [0.717, 1.165) is 34.9 Å². The first-order valence-corrected chi connectivity index (χ1v) is 5.77. The van der Waals surface area contributed by atoms with Crippen molar-refractivity contribution in [3.05, 3.63) is 28.3 Å². The fourth-order valence-corrected chi connectivity index (χ4v) is 2.21. The molecule has 1 atom stereocenters. The fourth-order valence-electron chi connectivity index (χ4n) is 1.93. The Morgan fingerprint density at radius 2 is 2.33 bits per heavy atom. The minimum absolute atomic E-state index is 0.257. The van der Waals surface area contributed by atoms with E-state index in [9.17, 15) is 0 Å². The average molecular weight is 226 g/mol. The molecule has 0 saturated carbocycles. The molecule has 1 aromatic carbocycles. The number of aryl methyl sites for hydroxylation is 1. The Morgan fingerprint density at radius 3 is 3.07 bits per heavy atom. The van der Waals surface area contributed by atoms with E-state index in [1.807, 2.05) is 12.1 Å². The van der Waals surface area contributed by atoms with Crippen LogP contribution in [0.2, 0.25) is 5.02 Å². The second-order valence-electron chi connectivity index (χ2n) is 3.92. The van der Waals surface area contributed by atoms with Gasteiger partial charge in [-0.2, -0.15) is 0 Å². The smallest absolute Gasteiger partial charge is 0.128 e. The Kier molecular flexibility index (Phi) is 3.17. The molecule has 0 bridgehead atoms. The maximum atomic E-state index is 6.20. The summed E-state index contributed by atoms with van der Waals surface area (Å²) in [5.74, 6) is 0.969. The lowest BCUT2D eigenvalue weighted by Gasteiger charge is -2.11. The molecule has 15 heavy (non-hydrogen) atoms. The quantitative estimate of drug-likeness (QED) is 0.854. The van der Waals surface area contributed by atoms with Gasteiger partial charge in [0, 0.05) is 10.6 Å². The summed E-state index contributed by atoms with van der Waals surface area (Å²) >= 11 is 6.20. The summed E-state index contributed by atoms with van der Waals surface area (Å²) in [7, 11) is 0. The predicted octanol–water partition coefficient (Wildman–Crippen LogP) is 3.08. The van der Waals surface area contributed by atoms with Crippen LogP contribution in [0.4, 0.5) is 0 Å². The average Bonchev–Trinajstić information content (AvgIpc) is 2.65. The standard InChI is InChI=1S/C12H16ClNO/c1-3-6-14-10-7-15-12-8(2)4-5-9(13)11(10)12/h4-5,10,14H,3,6-7H2,1-2H3. The molecule has 1 N–H and O–H groups in total. The Balaban J connectivity index is 2.28. The molecule has 0 saturated heterocycles. The van der Waals surface area contributed by atoms with Gasteiger partial charge in [-0.3, -0.25) is 0 Å².